The van der Waals surface area contributed by atoms with E-state index in [0.717, 1.165) is 72.9 Å². The summed E-state index contributed by atoms with van der Waals surface area (Å²) in [5.41, 5.74) is 26.6. The molecule has 0 saturated carbocycles. The molecule has 10 heteroatoms. The second kappa shape index (κ2) is 17.3. The monoisotopic (exact) mass is 926 g/mol. The Morgan fingerprint density at radius 3 is 1.27 bits per heavy atom. The van der Waals surface area contributed by atoms with Crippen LogP contribution in [0.2, 0.25) is 0 Å². The number of nitrogens with zero attached hydrogens (tertiary/aromatic N) is 4. The number of hydrogen-bond acceptors (Lipinski definition) is 2. The number of fused-ring (bicyclic) bond motifs is 10. The number of nitrogens with one attached hydrogen (secondary N) is 4. The number of aromatic nitrogens is 6. The first-order valence-corrected chi connectivity index (χ1v) is 20.6. The molecule has 7 heterocycles. The lowest BCUT2D eigenvalue weighted by Crippen LogP contribution is -2.69. The summed E-state index contributed by atoms with van der Waals surface area (Å²) in [4.78, 5) is 15.3. The number of H-pyrrole nitrogens is 2. The van der Waals surface area contributed by atoms with Gasteiger partial charge in [0.25, 0.3) is 0 Å². The standard InChI is InChI=1S/C50H52N8.2BrH/c1-29-33(5)47-25-49-35(7)31(3)45(53-49)24-42-20-40(56-58(42)28-38-17-13-10-14-18-38)22-44-30(2)34(6)48(52-44)26-50-36(8)32(4)46(54-50)23-41-19-39(21-43(29)51-47)55-57(41)27-37-15-11-9-12-16-37;;/h9-20,25-26,51-52H,21-24,27-28H2,1-8H3;2*1H/p+2/b49-25+,50-26+;;. The van der Waals surface area contributed by atoms with E-state index in [-0.39, 0.29) is 34.0 Å². The highest BCUT2D eigenvalue weighted by atomic mass is 79.9. The Balaban J connectivity index is 0.00000272. The summed E-state index contributed by atoms with van der Waals surface area (Å²) in [7, 11) is 0. The van der Waals surface area contributed by atoms with Crippen LogP contribution in [0.3, 0.4) is 0 Å². The van der Waals surface area contributed by atoms with E-state index in [9.17, 15) is 0 Å². The molecule has 0 atom stereocenters. The largest absolute Gasteiger partial charge is 0.358 e. The van der Waals surface area contributed by atoms with Crippen molar-refractivity contribution in [2.75, 3.05) is 0 Å². The number of benzene rings is 2. The normalized spacial score (nSPS) is 16.9. The number of aromatic amines is 2. The Bertz CT molecular complexity index is 2600. The quantitative estimate of drug-likeness (QED) is 0.147. The van der Waals surface area contributed by atoms with Crippen LogP contribution < -0.4 is 9.98 Å². The molecule has 2 aromatic carbocycles. The molecular formula is C50H56Br2N8+2. The van der Waals surface area contributed by atoms with Gasteiger partial charge in [-0.05, 0) is 101 Å². The maximum atomic E-state index is 5.26. The van der Waals surface area contributed by atoms with Gasteiger partial charge >= 0.3 is 0 Å². The lowest BCUT2D eigenvalue weighted by Gasteiger charge is -2.07. The van der Waals surface area contributed by atoms with E-state index in [1.165, 1.54) is 89.9 Å². The summed E-state index contributed by atoms with van der Waals surface area (Å²) >= 11 is 0. The van der Waals surface area contributed by atoms with Crippen molar-refractivity contribution < 1.29 is 9.98 Å². The summed E-state index contributed by atoms with van der Waals surface area (Å²) in [6.45, 7) is 19.3. The van der Waals surface area contributed by atoms with E-state index in [2.05, 4.69) is 170 Å². The number of halogens is 2. The minimum Gasteiger partial charge on any atom is -0.358 e. The van der Waals surface area contributed by atoms with Gasteiger partial charge in [-0.1, -0.05) is 60.7 Å². The van der Waals surface area contributed by atoms with Crippen molar-refractivity contribution in [1.29, 1.82) is 0 Å². The average Bonchev–Trinajstić information content (AvgIpc) is 4.02. The van der Waals surface area contributed by atoms with E-state index in [1.54, 1.807) is 0 Å². The summed E-state index contributed by atoms with van der Waals surface area (Å²) < 4.78 is 4.40. The Morgan fingerprint density at radius 1 is 0.500 bits per heavy atom. The lowest BCUT2D eigenvalue weighted by atomic mass is 10.0. The van der Waals surface area contributed by atoms with E-state index < -0.39 is 0 Å². The smallest absolute Gasteiger partial charge is 0.209 e. The highest BCUT2D eigenvalue weighted by Gasteiger charge is 2.29. The Morgan fingerprint density at radius 2 is 0.883 bits per heavy atom. The summed E-state index contributed by atoms with van der Waals surface area (Å²) in [5.74, 6) is 0. The van der Waals surface area contributed by atoms with Gasteiger partial charge in [0, 0.05) is 81.4 Å². The number of rotatable bonds is 4. The summed E-state index contributed by atoms with van der Waals surface area (Å²) in [6, 6.07) is 25.9. The molecule has 3 aliphatic heterocycles. The Hall–Kier alpha value is -5.32. The molecule has 0 aliphatic carbocycles. The van der Waals surface area contributed by atoms with Crippen LogP contribution in [0.1, 0.15) is 107 Å². The molecule has 308 valence electrons. The average molecular weight is 929 g/mol. The van der Waals surface area contributed by atoms with E-state index in [4.69, 9.17) is 10.2 Å². The van der Waals surface area contributed by atoms with Gasteiger partial charge in [-0.15, -0.1) is 34.0 Å². The Labute approximate surface area is 374 Å². The zero-order chi connectivity index (χ0) is 40.2. The molecule has 3 aliphatic rings. The van der Waals surface area contributed by atoms with Crippen LogP contribution in [0.4, 0.5) is 0 Å². The molecule has 8 nitrogen and oxygen atoms in total. The fourth-order valence-electron chi connectivity index (χ4n) is 8.68. The van der Waals surface area contributed by atoms with E-state index in [0.29, 0.717) is 0 Å². The SMILES string of the molecule is Br.Br.CC1=C(C)/C2=C\c3[nH]c(c(C)c3C)Cc3cc(n(Cc4ccccc4)n3)CC3=[NH+]/C(=C/c4[nH]c(c(C)c4C)Cc4cc(n(Cc5ccccc5)n4)CC1=[NH+]2)C(C)=C3C. The third-order valence-corrected chi connectivity index (χ3v) is 13.0. The fourth-order valence-corrected chi connectivity index (χ4v) is 8.68. The van der Waals surface area contributed by atoms with Gasteiger partial charge in [0.05, 0.1) is 37.3 Å². The molecule has 0 amide bonds. The van der Waals surface area contributed by atoms with Crippen molar-refractivity contribution in [2.24, 2.45) is 0 Å². The predicted octanol–water partition coefficient (Wildman–Crippen LogP) is 7.63. The van der Waals surface area contributed by atoms with Crippen LogP contribution in [0.5, 0.6) is 0 Å². The fraction of sp³-hybridized carbons (Fsp3) is 0.280. The van der Waals surface area contributed by atoms with Gasteiger partial charge in [0.15, 0.2) is 11.4 Å². The predicted molar refractivity (Wildman–Crippen MR) is 254 cm³/mol. The Kier molecular flexibility index (Phi) is 12.4. The van der Waals surface area contributed by atoms with Gasteiger partial charge in [-0.25, -0.2) is 9.98 Å². The highest BCUT2D eigenvalue weighted by Crippen LogP contribution is 2.28. The summed E-state index contributed by atoms with van der Waals surface area (Å²) in [6.07, 6.45) is 7.57. The molecule has 0 radical (unpaired) electrons. The molecule has 0 saturated heterocycles. The second-order valence-electron chi connectivity index (χ2n) is 16.6. The van der Waals surface area contributed by atoms with Gasteiger partial charge in [-0.3, -0.25) is 9.36 Å². The molecular weight excluding hydrogens is 872 g/mol. The van der Waals surface area contributed by atoms with Crippen molar-refractivity contribution in [3.8, 4) is 0 Å². The maximum Gasteiger partial charge on any atom is 0.209 e. The van der Waals surface area contributed by atoms with Crippen molar-refractivity contribution in [2.45, 2.75) is 94.2 Å². The minimum absolute atomic E-state index is 0. The number of allylic oxidation sites excluding steroid dienone is 4. The van der Waals surface area contributed by atoms with Gasteiger partial charge in [0.1, 0.15) is 0 Å². The topological polar surface area (TPSA) is 95.2 Å². The number of hydrogen-bond donors (Lipinski definition) is 4. The maximum absolute atomic E-state index is 5.26. The molecule has 60 heavy (non-hydrogen) atoms. The van der Waals surface area contributed by atoms with Crippen LogP contribution in [-0.2, 0) is 38.8 Å². The lowest BCUT2D eigenvalue weighted by molar-refractivity contribution is -0.388. The highest BCUT2D eigenvalue weighted by molar-refractivity contribution is 8.93. The van der Waals surface area contributed by atoms with Crippen LogP contribution in [-0.4, -0.2) is 41.0 Å². The molecule has 0 spiro atoms. The molecule has 4 aromatic heterocycles. The molecule has 0 fully saturated rings. The van der Waals surface area contributed by atoms with Crippen molar-refractivity contribution in [3.63, 3.8) is 0 Å². The summed E-state index contributed by atoms with van der Waals surface area (Å²) in [5, 5.41) is 10.5. The van der Waals surface area contributed by atoms with Crippen LogP contribution in [0.15, 0.2) is 106 Å². The van der Waals surface area contributed by atoms with Gasteiger partial charge in [-0.2, -0.15) is 10.2 Å². The van der Waals surface area contributed by atoms with Crippen molar-refractivity contribution in [1.82, 2.24) is 29.5 Å². The van der Waals surface area contributed by atoms with E-state index in [1.807, 2.05) is 0 Å². The molecule has 4 N–H and O–H groups in total. The first kappa shape index (κ1) is 42.8. The van der Waals surface area contributed by atoms with Gasteiger partial charge < -0.3 is 9.97 Å². The zero-order valence-electron chi connectivity index (χ0n) is 35.9. The second-order valence-corrected chi connectivity index (χ2v) is 16.6. The van der Waals surface area contributed by atoms with Crippen molar-refractivity contribution >= 4 is 57.5 Å². The zero-order valence-corrected chi connectivity index (χ0v) is 39.4. The molecule has 12 bridgehead atoms. The first-order valence-electron chi connectivity index (χ1n) is 20.6. The third-order valence-electron chi connectivity index (χ3n) is 13.0. The first-order chi connectivity index (χ1) is 28.0. The minimum atomic E-state index is 0. The van der Waals surface area contributed by atoms with Crippen LogP contribution in [0, 0.1) is 27.7 Å². The van der Waals surface area contributed by atoms with Gasteiger partial charge in [0.2, 0.25) is 11.4 Å². The molecule has 9 rings (SSSR count). The molecule has 6 aromatic rings. The van der Waals surface area contributed by atoms with Crippen molar-refractivity contribution in [3.05, 3.63) is 185 Å². The molecule has 0 unspecified atom stereocenters. The van der Waals surface area contributed by atoms with Crippen LogP contribution in [0.25, 0.3) is 12.2 Å². The van der Waals surface area contributed by atoms with Crippen LogP contribution >= 0.6 is 34.0 Å². The third kappa shape index (κ3) is 8.24. The van der Waals surface area contributed by atoms with E-state index >= 15 is 0 Å².